The summed E-state index contributed by atoms with van der Waals surface area (Å²) in [6, 6.07) is 19.0. The number of allylic oxidation sites excluding steroid dienone is 2. The lowest BCUT2D eigenvalue weighted by Gasteiger charge is -2.28. The molecule has 0 spiro atoms. The van der Waals surface area contributed by atoms with Gasteiger partial charge in [-0.1, -0.05) is 60.7 Å². The molecule has 0 atom stereocenters. The van der Waals surface area contributed by atoms with Crippen LogP contribution in [0.25, 0.3) is 17.0 Å². The molecule has 144 valence electrons. The molecule has 1 aliphatic rings. The third-order valence-electron chi connectivity index (χ3n) is 4.52. The van der Waals surface area contributed by atoms with Gasteiger partial charge in [-0.15, -0.1) is 0 Å². The fourth-order valence-electron chi connectivity index (χ4n) is 3.09. The van der Waals surface area contributed by atoms with Gasteiger partial charge in [0.05, 0.1) is 0 Å². The Labute approximate surface area is 164 Å². The molecule has 0 bridgehead atoms. The Bertz CT molecular complexity index is 946. The highest BCUT2D eigenvalue weighted by Gasteiger charge is 2.52. The van der Waals surface area contributed by atoms with Crippen molar-refractivity contribution in [2.24, 2.45) is 5.41 Å². The van der Waals surface area contributed by atoms with Crippen LogP contribution < -0.4 is 0 Å². The van der Waals surface area contributed by atoms with Gasteiger partial charge in [-0.05, 0) is 19.1 Å². The van der Waals surface area contributed by atoms with Crippen molar-refractivity contribution < 1.29 is 23.1 Å². The number of hydrogen-bond acceptors (Lipinski definition) is 4. The van der Waals surface area contributed by atoms with Crippen LogP contribution in [0.4, 0.5) is 0 Å². The normalized spacial score (nSPS) is 15.7. The van der Waals surface area contributed by atoms with E-state index in [-0.39, 0.29) is 5.45 Å². The molecule has 0 radical (unpaired) electrons. The Hall–Kier alpha value is -2.75. The largest absolute Gasteiger partial charge is 0.457 e. The standard InChI is InChI=1S/C21H21N2O4P/c1-21(20(23-22)28(24,25-2)26-3)14-18(16-10-6-4-7-11-16)27-19(15-21)17-12-8-5-9-13-17/h4-15H,1-3H3. The molecule has 7 heteroatoms. The number of rotatable bonds is 6. The predicted octanol–water partition coefficient (Wildman–Crippen LogP) is 5.22. The number of nitrogens with zero attached hydrogens (tertiary/aromatic N) is 2. The summed E-state index contributed by atoms with van der Waals surface area (Å²) in [4.78, 5) is 3.31. The van der Waals surface area contributed by atoms with Crippen LogP contribution in [0.1, 0.15) is 18.1 Å². The van der Waals surface area contributed by atoms with E-state index < -0.39 is 13.0 Å². The molecule has 0 fully saturated rings. The van der Waals surface area contributed by atoms with Crippen molar-refractivity contribution in [3.63, 3.8) is 0 Å². The maximum atomic E-state index is 13.0. The van der Waals surface area contributed by atoms with Gasteiger partial charge in [0.25, 0.3) is 0 Å². The van der Waals surface area contributed by atoms with Gasteiger partial charge in [0.1, 0.15) is 16.9 Å². The summed E-state index contributed by atoms with van der Waals surface area (Å²) >= 11 is 0. The Morgan fingerprint density at radius 2 is 1.36 bits per heavy atom. The topological polar surface area (TPSA) is 81.2 Å². The van der Waals surface area contributed by atoms with Crippen LogP contribution in [0.2, 0.25) is 0 Å². The third kappa shape index (κ3) is 3.77. The van der Waals surface area contributed by atoms with Crippen molar-refractivity contribution in [1.29, 1.82) is 0 Å². The van der Waals surface area contributed by atoms with Gasteiger partial charge in [-0.3, -0.25) is 0 Å². The van der Waals surface area contributed by atoms with Gasteiger partial charge in [0.2, 0.25) is 0 Å². The molecule has 0 amide bonds. The number of hydrogen-bond donors (Lipinski definition) is 0. The van der Waals surface area contributed by atoms with Gasteiger partial charge in [0, 0.05) is 25.3 Å². The van der Waals surface area contributed by atoms with Crippen molar-refractivity contribution in [2.45, 2.75) is 6.92 Å². The summed E-state index contributed by atoms with van der Waals surface area (Å²) in [5.74, 6) is 1.09. The highest BCUT2D eigenvalue weighted by atomic mass is 31.2. The van der Waals surface area contributed by atoms with Crippen LogP contribution in [0.5, 0.6) is 0 Å². The summed E-state index contributed by atoms with van der Waals surface area (Å²) in [5.41, 5.74) is 10.2. The fraction of sp³-hybridized carbons (Fsp3) is 0.190. The Morgan fingerprint density at radius 3 is 1.71 bits per heavy atom. The van der Waals surface area contributed by atoms with Crippen molar-refractivity contribution in [3.8, 4) is 0 Å². The van der Waals surface area contributed by atoms with Gasteiger partial charge in [0.15, 0.2) is 0 Å². The molecule has 3 rings (SSSR count). The van der Waals surface area contributed by atoms with Crippen molar-refractivity contribution >= 4 is 24.6 Å². The molecular weight excluding hydrogens is 375 g/mol. The maximum Gasteiger partial charge on any atom is 0.438 e. The monoisotopic (exact) mass is 396 g/mol. The molecule has 0 aromatic heterocycles. The highest BCUT2D eigenvalue weighted by molar-refractivity contribution is 7.72. The first kappa shape index (κ1) is 20.0. The molecule has 2 aromatic rings. The Kier molecular flexibility index (Phi) is 5.78. The van der Waals surface area contributed by atoms with Crippen LogP contribution >= 0.6 is 7.60 Å². The Balaban J connectivity index is 2.21. The van der Waals surface area contributed by atoms with E-state index in [1.165, 1.54) is 14.2 Å². The fourth-order valence-corrected chi connectivity index (χ4v) is 4.41. The second kappa shape index (κ2) is 8.09. The molecule has 0 unspecified atom stereocenters. The molecule has 28 heavy (non-hydrogen) atoms. The van der Waals surface area contributed by atoms with E-state index in [0.717, 1.165) is 11.1 Å². The zero-order valence-electron chi connectivity index (χ0n) is 15.9. The lowest BCUT2D eigenvalue weighted by atomic mass is 9.86. The van der Waals surface area contributed by atoms with E-state index in [0.29, 0.717) is 11.5 Å². The first-order valence-corrected chi connectivity index (χ1v) is 10.2. The van der Waals surface area contributed by atoms with E-state index in [1.54, 1.807) is 19.1 Å². The number of benzene rings is 2. The molecule has 0 saturated carbocycles. The van der Waals surface area contributed by atoms with Gasteiger partial charge in [-0.25, -0.2) is 4.57 Å². The van der Waals surface area contributed by atoms with Gasteiger partial charge in [-0.2, -0.15) is 4.79 Å². The zero-order valence-corrected chi connectivity index (χ0v) is 16.8. The molecule has 1 heterocycles. The maximum absolute atomic E-state index is 13.0. The third-order valence-corrected chi connectivity index (χ3v) is 6.57. The van der Waals surface area contributed by atoms with Crippen molar-refractivity contribution in [3.05, 3.63) is 89.5 Å². The summed E-state index contributed by atoms with van der Waals surface area (Å²) in [6.07, 6.45) is 3.49. The quantitative estimate of drug-likeness (QED) is 0.290. The van der Waals surface area contributed by atoms with Crippen LogP contribution in [0.15, 0.2) is 72.8 Å². The average molecular weight is 396 g/mol. The molecule has 0 N–H and O–H groups in total. The van der Waals surface area contributed by atoms with E-state index in [9.17, 15) is 10.1 Å². The smallest absolute Gasteiger partial charge is 0.438 e. The van der Waals surface area contributed by atoms with E-state index >= 15 is 0 Å². The predicted molar refractivity (Wildman–Crippen MR) is 108 cm³/mol. The van der Waals surface area contributed by atoms with E-state index in [4.69, 9.17) is 13.8 Å². The molecule has 6 nitrogen and oxygen atoms in total. The number of ether oxygens (including phenoxy) is 1. The molecule has 0 aliphatic carbocycles. The molecule has 0 saturated heterocycles. The van der Waals surface area contributed by atoms with Gasteiger partial charge >= 0.3 is 13.0 Å². The first-order valence-electron chi connectivity index (χ1n) is 8.65. The van der Waals surface area contributed by atoms with Gasteiger partial charge < -0.3 is 19.3 Å². The van der Waals surface area contributed by atoms with E-state index in [1.807, 2.05) is 60.7 Å². The highest BCUT2D eigenvalue weighted by Crippen LogP contribution is 2.55. The van der Waals surface area contributed by atoms with Crippen LogP contribution in [0.3, 0.4) is 0 Å². The van der Waals surface area contributed by atoms with Crippen molar-refractivity contribution in [1.82, 2.24) is 0 Å². The average Bonchev–Trinajstić information content (AvgIpc) is 2.74. The summed E-state index contributed by atoms with van der Waals surface area (Å²) in [7, 11) is -1.30. The molecular formula is C21H21N2O4P. The lowest BCUT2D eigenvalue weighted by molar-refractivity contribution is -0.0117. The van der Waals surface area contributed by atoms with E-state index in [2.05, 4.69) is 4.79 Å². The second-order valence-corrected chi connectivity index (χ2v) is 8.57. The SMILES string of the molecule is COP(=O)(OC)C(=[N+]=[N-])C1(C)C=C(c2ccccc2)OC(c2ccccc2)=C1. The summed E-state index contributed by atoms with van der Waals surface area (Å²) in [6.45, 7) is 1.77. The van der Waals surface area contributed by atoms with Crippen LogP contribution in [0, 0.1) is 5.41 Å². The van der Waals surface area contributed by atoms with Crippen LogP contribution in [-0.2, 0) is 18.3 Å². The van der Waals surface area contributed by atoms with Crippen LogP contribution in [-0.4, -0.2) is 24.5 Å². The van der Waals surface area contributed by atoms with Crippen molar-refractivity contribution in [2.75, 3.05) is 14.2 Å². The second-order valence-electron chi connectivity index (χ2n) is 6.42. The summed E-state index contributed by atoms with van der Waals surface area (Å²) < 4.78 is 29.3. The minimum Gasteiger partial charge on any atom is -0.457 e. The summed E-state index contributed by atoms with van der Waals surface area (Å²) in [5, 5.41) is 0. The lowest BCUT2D eigenvalue weighted by Crippen LogP contribution is -2.28. The Morgan fingerprint density at radius 1 is 0.929 bits per heavy atom. The zero-order chi connectivity index (χ0) is 20.2. The molecule has 2 aromatic carbocycles. The first-order chi connectivity index (χ1) is 13.5. The minimum atomic E-state index is -3.81. The minimum absolute atomic E-state index is 0.129. The molecule has 1 aliphatic heterocycles.